The van der Waals surface area contributed by atoms with E-state index in [4.69, 9.17) is 0 Å². The van der Waals surface area contributed by atoms with Gasteiger partial charge in [0.05, 0.1) is 10.6 Å². The normalized spacial score (nSPS) is 18.4. The summed E-state index contributed by atoms with van der Waals surface area (Å²) in [4.78, 5) is 12.6. The third kappa shape index (κ3) is 5.12. The third-order valence-electron chi connectivity index (χ3n) is 5.95. The zero-order valence-corrected chi connectivity index (χ0v) is 19.4. The van der Waals surface area contributed by atoms with Gasteiger partial charge in [-0.05, 0) is 49.9 Å². The molecule has 0 atom stereocenters. The van der Waals surface area contributed by atoms with E-state index in [0.717, 1.165) is 31.2 Å². The second-order valence-corrected chi connectivity index (χ2v) is 11.1. The predicted octanol–water partition coefficient (Wildman–Crippen LogP) is 2.81. The molecule has 168 valence electrons. The smallest absolute Gasteiger partial charge is 0.243 e. The number of carbonyl (C=O) groups is 1. The number of carbonyl (C=O) groups excluding carboxylic acids is 1. The molecule has 2 aliphatic rings. The highest BCUT2D eigenvalue weighted by Gasteiger charge is 2.27. The fourth-order valence-corrected chi connectivity index (χ4v) is 6.43. The highest BCUT2D eigenvalue weighted by Crippen LogP contribution is 2.26. The van der Waals surface area contributed by atoms with Crippen LogP contribution in [-0.4, -0.2) is 58.3 Å². The molecule has 8 nitrogen and oxygen atoms in total. The van der Waals surface area contributed by atoms with Gasteiger partial charge in [-0.1, -0.05) is 31.0 Å². The molecule has 1 aliphatic carbocycles. The Hall–Kier alpha value is -1.91. The van der Waals surface area contributed by atoms with Gasteiger partial charge in [-0.3, -0.25) is 4.79 Å². The number of thioether (sulfide) groups is 1. The molecule has 10 heteroatoms. The van der Waals surface area contributed by atoms with E-state index in [1.807, 2.05) is 11.6 Å². The van der Waals surface area contributed by atoms with Crippen LogP contribution in [0.15, 0.2) is 34.3 Å². The Bertz CT molecular complexity index is 1010. The van der Waals surface area contributed by atoms with Crippen molar-refractivity contribution in [2.75, 3.05) is 18.8 Å². The molecule has 4 rings (SSSR count). The minimum absolute atomic E-state index is 0.0259. The Morgan fingerprint density at radius 3 is 2.42 bits per heavy atom. The van der Waals surface area contributed by atoms with Crippen LogP contribution in [0.25, 0.3) is 11.4 Å². The molecule has 2 heterocycles. The van der Waals surface area contributed by atoms with E-state index in [9.17, 15) is 13.2 Å². The van der Waals surface area contributed by atoms with E-state index >= 15 is 0 Å². The van der Waals surface area contributed by atoms with Crippen LogP contribution in [0.1, 0.15) is 44.9 Å². The van der Waals surface area contributed by atoms with Crippen molar-refractivity contribution in [3.05, 3.63) is 24.3 Å². The molecule has 1 amide bonds. The van der Waals surface area contributed by atoms with E-state index in [-0.39, 0.29) is 5.91 Å². The summed E-state index contributed by atoms with van der Waals surface area (Å²) in [5, 5.41) is 12.2. The van der Waals surface area contributed by atoms with Gasteiger partial charge in [-0.15, -0.1) is 10.2 Å². The number of nitrogens with zero attached hydrogens (tertiary/aromatic N) is 4. The number of rotatable bonds is 7. The van der Waals surface area contributed by atoms with Gasteiger partial charge in [0.2, 0.25) is 15.9 Å². The topological polar surface area (TPSA) is 97.2 Å². The summed E-state index contributed by atoms with van der Waals surface area (Å²) < 4.78 is 28.8. The zero-order valence-electron chi connectivity index (χ0n) is 17.8. The standard InChI is InChI=1S/C21H29N5O3S2/c1-25-20(16-9-11-18(12-10-16)31(28,29)26-13-5-6-14-26)23-24-21(25)30-15-19(27)22-17-7-3-2-4-8-17/h9-12,17H,2-8,13-15H2,1H3,(H,22,27). The second kappa shape index (κ2) is 9.70. The molecule has 31 heavy (non-hydrogen) atoms. The lowest BCUT2D eigenvalue weighted by atomic mass is 9.95. The molecule has 0 bridgehead atoms. The van der Waals surface area contributed by atoms with Crippen molar-refractivity contribution < 1.29 is 13.2 Å². The van der Waals surface area contributed by atoms with E-state index in [0.29, 0.717) is 40.8 Å². The lowest BCUT2D eigenvalue weighted by molar-refractivity contribution is -0.119. The summed E-state index contributed by atoms with van der Waals surface area (Å²) in [5.74, 6) is 0.966. The summed E-state index contributed by atoms with van der Waals surface area (Å²) in [5.41, 5.74) is 0.786. The van der Waals surface area contributed by atoms with Gasteiger partial charge >= 0.3 is 0 Å². The van der Waals surface area contributed by atoms with Crippen LogP contribution < -0.4 is 5.32 Å². The molecule has 0 unspecified atom stereocenters. The fraction of sp³-hybridized carbons (Fsp3) is 0.571. The lowest BCUT2D eigenvalue weighted by Crippen LogP contribution is -2.37. The predicted molar refractivity (Wildman–Crippen MR) is 120 cm³/mol. The van der Waals surface area contributed by atoms with Gasteiger partial charge in [0, 0.05) is 31.7 Å². The Morgan fingerprint density at radius 2 is 1.74 bits per heavy atom. The molecule has 1 saturated heterocycles. The molecule has 1 N–H and O–H groups in total. The largest absolute Gasteiger partial charge is 0.353 e. The Labute approximate surface area is 187 Å². The Kier molecular flexibility index (Phi) is 6.98. The van der Waals surface area contributed by atoms with Crippen LogP contribution in [0.2, 0.25) is 0 Å². The van der Waals surface area contributed by atoms with Crippen molar-refractivity contribution >= 4 is 27.7 Å². The first-order chi connectivity index (χ1) is 14.9. The number of amides is 1. The quantitative estimate of drug-likeness (QED) is 0.634. The molecule has 2 aromatic rings. The number of hydrogen-bond donors (Lipinski definition) is 1. The minimum atomic E-state index is -3.43. The van der Waals surface area contributed by atoms with Crippen LogP contribution in [0, 0.1) is 0 Å². The van der Waals surface area contributed by atoms with Crippen molar-refractivity contribution in [2.45, 2.75) is 61.0 Å². The van der Waals surface area contributed by atoms with E-state index in [1.54, 1.807) is 24.3 Å². The second-order valence-electron chi connectivity index (χ2n) is 8.19. The summed E-state index contributed by atoms with van der Waals surface area (Å²) >= 11 is 1.36. The lowest BCUT2D eigenvalue weighted by Gasteiger charge is -2.22. The van der Waals surface area contributed by atoms with Crippen LogP contribution >= 0.6 is 11.8 Å². The number of nitrogens with one attached hydrogen (secondary N) is 1. The maximum absolute atomic E-state index is 12.7. The maximum atomic E-state index is 12.7. The fourth-order valence-electron chi connectivity index (χ4n) is 4.19. The Balaban J connectivity index is 1.39. The number of hydrogen-bond acceptors (Lipinski definition) is 6. The molecule has 1 aliphatic heterocycles. The summed E-state index contributed by atoms with van der Waals surface area (Å²) in [6.45, 7) is 1.17. The molecule has 1 saturated carbocycles. The van der Waals surface area contributed by atoms with Gasteiger partial charge in [0.1, 0.15) is 0 Å². The van der Waals surface area contributed by atoms with Crippen molar-refractivity contribution in [2.24, 2.45) is 7.05 Å². The number of sulfonamides is 1. The minimum Gasteiger partial charge on any atom is -0.353 e. The van der Waals surface area contributed by atoms with Crippen LogP contribution in [0.3, 0.4) is 0 Å². The molecule has 0 radical (unpaired) electrons. The van der Waals surface area contributed by atoms with E-state index < -0.39 is 10.0 Å². The molecule has 2 fully saturated rings. The highest BCUT2D eigenvalue weighted by atomic mass is 32.2. The maximum Gasteiger partial charge on any atom is 0.243 e. The molecular formula is C21H29N5O3S2. The molecular weight excluding hydrogens is 434 g/mol. The summed E-state index contributed by atoms with van der Waals surface area (Å²) in [7, 11) is -1.58. The monoisotopic (exact) mass is 463 g/mol. The van der Waals surface area contributed by atoms with Crippen LogP contribution in [0.4, 0.5) is 0 Å². The van der Waals surface area contributed by atoms with E-state index in [2.05, 4.69) is 15.5 Å². The van der Waals surface area contributed by atoms with Gasteiger partial charge in [0.15, 0.2) is 11.0 Å². The van der Waals surface area contributed by atoms with Crippen molar-refractivity contribution in [1.29, 1.82) is 0 Å². The number of aromatic nitrogens is 3. The third-order valence-corrected chi connectivity index (χ3v) is 8.89. The van der Waals surface area contributed by atoms with Crippen LogP contribution in [-0.2, 0) is 21.9 Å². The summed E-state index contributed by atoms with van der Waals surface area (Å²) in [6, 6.07) is 7.07. The average molecular weight is 464 g/mol. The SMILES string of the molecule is Cn1c(SCC(=O)NC2CCCCC2)nnc1-c1ccc(S(=O)(=O)N2CCCC2)cc1. The first-order valence-electron chi connectivity index (χ1n) is 10.9. The zero-order chi connectivity index (χ0) is 21.8. The van der Waals surface area contributed by atoms with Crippen LogP contribution in [0.5, 0.6) is 0 Å². The summed E-state index contributed by atoms with van der Waals surface area (Å²) in [6.07, 6.45) is 7.58. The Morgan fingerprint density at radius 1 is 1.06 bits per heavy atom. The van der Waals surface area contributed by atoms with Gasteiger partial charge in [-0.25, -0.2) is 8.42 Å². The van der Waals surface area contributed by atoms with Gasteiger partial charge in [-0.2, -0.15) is 4.31 Å². The average Bonchev–Trinajstić information content (AvgIpc) is 3.44. The van der Waals surface area contributed by atoms with Crippen molar-refractivity contribution in [3.8, 4) is 11.4 Å². The van der Waals surface area contributed by atoms with E-state index in [1.165, 1.54) is 35.3 Å². The number of benzene rings is 1. The molecule has 0 spiro atoms. The molecule has 1 aromatic heterocycles. The molecule has 1 aromatic carbocycles. The van der Waals surface area contributed by atoms with Gasteiger partial charge < -0.3 is 9.88 Å². The van der Waals surface area contributed by atoms with Crippen molar-refractivity contribution in [3.63, 3.8) is 0 Å². The first-order valence-corrected chi connectivity index (χ1v) is 13.3. The highest BCUT2D eigenvalue weighted by molar-refractivity contribution is 7.99. The van der Waals surface area contributed by atoms with Crippen molar-refractivity contribution in [1.82, 2.24) is 24.4 Å². The first kappa shape index (κ1) is 22.3. The van der Waals surface area contributed by atoms with Gasteiger partial charge in [0.25, 0.3) is 0 Å².